The minimum atomic E-state index is -0.0256. The number of hydrogen-bond donors (Lipinski definition) is 1. The zero-order chi connectivity index (χ0) is 23.5. The van der Waals surface area contributed by atoms with Crippen LogP contribution in [0.2, 0.25) is 0 Å². The molecule has 7 heteroatoms. The summed E-state index contributed by atoms with van der Waals surface area (Å²) in [5, 5.41) is 3.02. The van der Waals surface area contributed by atoms with E-state index in [0.717, 1.165) is 34.0 Å². The van der Waals surface area contributed by atoms with Crippen LogP contribution in [-0.2, 0) is 4.79 Å². The van der Waals surface area contributed by atoms with Gasteiger partial charge in [-0.15, -0.1) is 0 Å². The summed E-state index contributed by atoms with van der Waals surface area (Å²) in [6.45, 7) is 10.9. The van der Waals surface area contributed by atoms with Gasteiger partial charge in [0, 0.05) is 49.5 Å². The van der Waals surface area contributed by atoms with Crippen molar-refractivity contribution in [3.63, 3.8) is 0 Å². The van der Waals surface area contributed by atoms with Crippen molar-refractivity contribution in [1.29, 1.82) is 0 Å². The highest BCUT2D eigenvalue weighted by atomic mass is 16.2. The number of pyridine rings is 1. The Balaban J connectivity index is 1.36. The number of nitrogens with one attached hydrogen (secondary N) is 1. The summed E-state index contributed by atoms with van der Waals surface area (Å²) in [4.78, 5) is 34.2. The maximum atomic E-state index is 13.3. The fourth-order valence-corrected chi connectivity index (χ4v) is 4.38. The second-order valence-electron chi connectivity index (χ2n) is 8.67. The van der Waals surface area contributed by atoms with Crippen LogP contribution >= 0.6 is 0 Å². The van der Waals surface area contributed by atoms with Gasteiger partial charge in [0.1, 0.15) is 5.82 Å². The van der Waals surface area contributed by atoms with Crippen LogP contribution in [0.25, 0.3) is 5.82 Å². The zero-order valence-electron chi connectivity index (χ0n) is 19.8. The summed E-state index contributed by atoms with van der Waals surface area (Å²) in [6.07, 6.45) is 1.76. The van der Waals surface area contributed by atoms with E-state index in [0.29, 0.717) is 38.3 Å². The molecule has 0 aliphatic carbocycles. The first-order valence-electron chi connectivity index (χ1n) is 11.3. The van der Waals surface area contributed by atoms with Crippen LogP contribution in [-0.4, -0.2) is 63.9 Å². The van der Waals surface area contributed by atoms with Crippen LogP contribution < -0.4 is 5.32 Å². The maximum Gasteiger partial charge on any atom is 0.255 e. The molecule has 0 atom stereocenters. The van der Waals surface area contributed by atoms with Crippen molar-refractivity contribution in [2.24, 2.45) is 0 Å². The molecule has 7 nitrogen and oxygen atoms in total. The number of piperazine rings is 1. The second kappa shape index (κ2) is 9.58. The highest BCUT2D eigenvalue weighted by molar-refractivity contribution is 5.96. The molecule has 0 spiro atoms. The van der Waals surface area contributed by atoms with Crippen molar-refractivity contribution < 1.29 is 9.59 Å². The standard InChI is InChI=1S/C26H31N5O2/c1-18-8-7-9-23(20(18)3)28-25(32)17-29-12-14-30(15-13-29)26(33)22-16-19(2)31(21(22)4)24-10-5-6-11-27-24/h5-11,16H,12-15,17H2,1-4H3,(H,28,32). The summed E-state index contributed by atoms with van der Waals surface area (Å²) in [7, 11) is 0. The Morgan fingerprint density at radius 2 is 1.73 bits per heavy atom. The van der Waals surface area contributed by atoms with Gasteiger partial charge in [-0.2, -0.15) is 0 Å². The molecule has 0 unspecified atom stereocenters. The first-order valence-corrected chi connectivity index (χ1v) is 11.3. The monoisotopic (exact) mass is 445 g/mol. The third kappa shape index (κ3) is 4.83. The first kappa shape index (κ1) is 22.7. The van der Waals surface area contributed by atoms with Crippen LogP contribution in [0.1, 0.15) is 32.9 Å². The molecular formula is C26H31N5O2. The number of anilines is 1. The van der Waals surface area contributed by atoms with Crippen LogP contribution in [0.15, 0.2) is 48.7 Å². The number of rotatable bonds is 5. The topological polar surface area (TPSA) is 70.5 Å². The Bertz CT molecular complexity index is 1160. The van der Waals surface area contributed by atoms with E-state index < -0.39 is 0 Å². The zero-order valence-corrected chi connectivity index (χ0v) is 19.8. The third-order valence-electron chi connectivity index (χ3n) is 6.45. The van der Waals surface area contributed by atoms with Crippen LogP contribution in [0.5, 0.6) is 0 Å². The number of amides is 2. The van der Waals surface area contributed by atoms with E-state index in [9.17, 15) is 9.59 Å². The molecular weight excluding hydrogens is 414 g/mol. The molecule has 2 amide bonds. The molecule has 1 aromatic carbocycles. The van der Waals surface area contributed by atoms with Crippen molar-refractivity contribution in [2.45, 2.75) is 27.7 Å². The molecule has 1 N–H and O–H groups in total. The normalized spacial score (nSPS) is 14.4. The van der Waals surface area contributed by atoms with E-state index in [1.54, 1.807) is 6.20 Å². The van der Waals surface area contributed by atoms with E-state index in [-0.39, 0.29) is 11.8 Å². The Labute approximate surface area is 195 Å². The second-order valence-corrected chi connectivity index (χ2v) is 8.67. The lowest BCUT2D eigenvalue weighted by Gasteiger charge is -2.34. The average Bonchev–Trinajstić information content (AvgIpc) is 3.11. The summed E-state index contributed by atoms with van der Waals surface area (Å²) >= 11 is 0. The number of carbonyl (C=O) groups is 2. The number of benzene rings is 1. The van der Waals surface area contributed by atoms with Crippen molar-refractivity contribution in [1.82, 2.24) is 19.4 Å². The Morgan fingerprint density at radius 1 is 0.970 bits per heavy atom. The minimum absolute atomic E-state index is 0.0256. The fraction of sp³-hybridized carbons (Fsp3) is 0.346. The number of carbonyl (C=O) groups excluding carboxylic acids is 2. The van der Waals surface area contributed by atoms with E-state index in [1.807, 2.05) is 79.6 Å². The molecule has 33 heavy (non-hydrogen) atoms. The predicted molar refractivity (Wildman–Crippen MR) is 130 cm³/mol. The quantitative estimate of drug-likeness (QED) is 0.653. The Kier molecular flexibility index (Phi) is 6.60. The van der Waals surface area contributed by atoms with Crippen LogP contribution in [0.3, 0.4) is 0 Å². The average molecular weight is 446 g/mol. The van der Waals surface area contributed by atoms with E-state index >= 15 is 0 Å². The van der Waals surface area contributed by atoms with Gasteiger partial charge in [-0.1, -0.05) is 18.2 Å². The van der Waals surface area contributed by atoms with Crippen molar-refractivity contribution in [3.8, 4) is 5.82 Å². The molecule has 3 aromatic rings. The van der Waals surface area contributed by atoms with Gasteiger partial charge in [-0.25, -0.2) is 4.98 Å². The summed E-state index contributed by atoms with van der Waals surface area (Å²) in [5.74, 6) is 0.818. The molecule has 4 rings (SSSR count). The summed E-state index contributed by atoms with van der Waals surface area (Å²) in [6, 6.07) is 13.6. The molecule has 172 valence electrons. The third-order valence-corrected chi connectivity index (χ3v) is 6.45. The van der Waals surface area contributed by atoms with Crippen molar-refractivity contribution >= 4 is 17.5 Å². The number of hydrogen-bond acceptors (Lipinski definition) is 4. The maximum absolute atomic E-state index is 13.3. The fourth-order valence-electron chi connectivity index (χ4n) is 4.38. The Morgan fingerprint density at radius 3 is 2.42 bits per heavy atom. The van der Waals surface area contributed by atoms with Crippen LogP contribution in [0.4, 0.5) is 5.69 Å². The van der Waals surface area contributed by atoms with E-state index in [2.05, 4.69) is 15.2 Å². The van der Waals surface area contributed by atoms with Crippen molar-refractivity contribution in [2.75, 3.05) is 38.0 Å². The first-order chi connectivity index (χ1) is 15.8. The molecule has 1 fully saturated rings. The van der Waals surface area contributed by atoms with Gasteiger partial charge in [0.15, 0.2) is 0 Å². The van der Waals surface area contributed by atoms with Gasteiger partial charge in [-0.3, -0.25) is 14.5 Å². The Hall–Kier alpha value is -3.45. The molecule has 3 heterocycles. The molecule has 1 saturated heterocycles. The van der Waals surface area contributed by atoms with Gasteiger partial charge >= 0.3 is 0 Å². The van der Waals surface area contributed by atoms with Gasteiger partial charge < -0.3 is 14.8 Å². The van der Waals surface area contributed by atoms with Gasteiger partial charge in [0.2, 0.25) is 5.91 Å². The lowest BCUT2D eigenvalue weighted by Crippen LogP contribution is -2.50. The van der Waals surface area contributed by atoms with E-state index in [1.165, 1.54) is 0 Å². The summed E-state index contributed by atoms with van der Waals surface area (Å²) in [5.41, 5.74) is 5.69. The predicted octanol–water partition coefficient (Wildman–Crippen LogP) is 3.50. The lowest BCUT2D eigenvalue weighted by atomic mass is 10.1. The molecule has 0 bridgehead atoms. The number of aryl methyl sites for hydroxylation is 2. The molecule has 0 saturated carbocycles. The highest BCUT2D eigenvalue weighted by Crippen LogP contribution is 2.22. The van der Waals surface area contributed by atoms with Gasteiger partial charge in [-0.05, 0) is 63.1 Å². The van der Waals surface area contributed by atoms with Crippen molar-refractivity contribution in [3.05, 3.63) is 76.7 Å². The smallest absolute Gasteiger partial charge is 0.255 e. The van der Waals surface area contributed by atoms with E-state index in [4.69, 9.17) is 0 Å². The summed E-state index contributed by atoms with van der Waals surface area (Å²) < 4.78 is 2.01. The van der Waals surface area contributed by atoms with Crippen LogP contribution in [0, 0.1) is 27.7 Å². The number of nitrogens with zero attached hydrogens (tertiary/aromatic N) is 4. The van der Waals surface area contributed by atoms with Gasteiger partial charge in [0.25, 0.3) is 5.91 Å². The lowest BCUT2D eigenvalue weighted by molar-refractivity contribution is -0.117. The molecule has 1 aliphatic rings. The minimum Gasteiger partial charge on any atom is -0.336 e. The molecule has 2 aromatic heterocycles. The molecule has 0 radical (unpaired) electrons. The molecule has 1 aliphatic heterocycles. The highest BCUT2D eigenvalue weighted by Gasteiger charge is 2.26. The number of aromatic nitrogens is 2. The largest absolute Gasteiger partial charge is 0.336 e. The SMILES string of the molecule is Cc1cccc(NC(=O)CN2CCN(C(=O)c3cc(C)n(-c4ccccn4)c3C)CC2)c1C. The van der Waals surface area contributed by atoms with Gasteiger partial charge in [0.05, 0.1) is 12.1 Å².